The van der Waals surface area contributed by atoms with Crippen molar-refractivity contribution in [3.05, 3.63) is 52.9 Å². The number of hydrogen-bond donors (Lipinski definition) is 0. The summed E-state index contributed by atoms with van der Waals surface area (Å²) in [5.74, 6) is 1.07. The summed E-state index contributed by atoms with van der Waals surface area (Å²) < 4.78 is 8.46. The van der Waals surface area contributed by atoms with Crippen LogP contribution < -0.4 is 0 Å². The Labute approximate surface area is 162 Å². The van der Waals surface area contributed by atoms with Gasteiger partial charge >= 0.3 is 0 Å². The average Bonchev–Trinajstić information content (AvgIpc) is 3.28. The molecule has 4 aromatic rings. The van der Waals surface area contributed by atoms with Crippen LogP contribution in [-0.4, -0.2) is 31.7 Å². The summed E-state index contributed by atoms with van der Waals surface area (Å²) in [4.78, 5) is 14.1. The maximum atomic E-state index is 6.00. The Kier molecular flexibility index (Phi) is 4.17. The fraction of sp³-hybridized carbons (Fsp3) is 0.381. The van der Waals surface area contributed by atoms with E-state index in [9.17, 15) is 0 Å². The molecule has 5 rings (SSSR count). The van der Waals surface area contributed by atoms with Gasteiger partial charge in [0, 0.05) is 23.2 Å². The fourth-order valence-electron chi connectivity index (χ4n) is 4.36. The highest BCUT2D eigenvalue weighted by Gasteiger charge is 2.29. The average molecular weight is 379 g/mol. The number of ether oxygens (including phenoxy) is 1. The number of fused-ring (bicyclic) bond motifs is 3. The lowest BCUT2D eigenvalue weighted by Gasteiger charge is -2.34. The van der Waals surface area contributed by atoms with E-state index < -0.39 is 0 Å². The standard InChI is InChI=1S/C21H22N4OS/c1-13-7-16(8-14(2)26-13)25-20(9-15-11-27-12-23-15)24-19-10-22-18-6-4-3-5-17(18)21(19)25/h3-6,10-14,16H,7-9H2,1-2H3. The molecule has 2 unspecified atom stereocenters. The summed E-state index contributed by atoms with van der Waals surface area (Å²) >= 11 is 1.63. The molecule has 27 heavy (non-hydrogen) atoms. The van der Waals surface area contributed by atoms with Gasteiger partial charge in [-0.3, -0.25) is 4.98 Å². The Balaban J connectivity index is 1.74. The molecular weight excluding hydrogens is 356 g/mol. The van der Waals surface area contributed by atoms with Gasteiger partial charge in [0.1, 0.15) is 11.3 Å². The number of rotatable bonds is 3. The van der Waals surface area contributed by atoms with Crippen LogP contribution in [0.2, 0.25) is 0 Å². The van der Waals surface area contributed by atoms with Gasteiger partial charge in [-0.1, -0.05) is 18.2 Å². The van der Waals surface area contributed by atoms with Crippen molar-refractivity contribution in [3.8, 4) is 0 Å². The Hall–Kier alpha value is -2.31. The van der Waals surface area contributed by atoms with Gasteiger partial charge in [0.05, 0.1) is 40.6 Å². The molecule has 0 spiro atoms. The predicted molar refractivity (Wildman–Crippen MR) is 108 cm³/mol. The van der Waals surface area contributed by atoms with E-state index in [0.29, 0.717) is 6.04 Å². The van der Waals surface area contributed by atoms with E-state index in [2.05, 4.69) is 52.0 Å². The van der Waals surface area contributed by atoms with E-state index >= 15 is 0 Å². The Bertz CT molecular complexity index is 1080. The van der Waals surface area contributed by atoms with E-state index in [1.165, 1.54) is 10.9 Å². The summed E-state index contributed by atoms with van der Waals surface area (Å²) in [5, 5.41) is 3.27. The van der Waals surface area contributed by atoms with Crippen molar-refractivity contribution < 1.29 is 4.74 Å². The third-order valence-electron chi connectivity index (χ3n) is 5.36. The molecule has 0 aliphatic carbocycles. The summed E-state index contributed by atoms with van der Waals surface area (Å²) in [5.41, 5.74) is 6.13. The van der Waals surface area contributed by atoms with Gasteiger partial charge in [0.2, 0.25) is 0 Å². The molecule has 0 saturated carbocycles. The molecule has 1 aliphatic rings. The van der Waals surface area contributed by atoms with Crippen molar-refractivity contribution in [2.75, 3.05) is 0 Å². The molecule has 1 aliphatic heterocycles. The topological polar surface area (TPSA) is 52.8 Å². The van der Waals surface area contributed by atoms with Crippen LogP contribution in [-0.2, 0) is 11.2 Å². The molecule has 2 atom stereocenters. The maximum absolute atomic E-state index is 6.00. The fourth-order valence-corrected chi connectivity index (χ4v) is 4.92. The highest BCUT2D eigenvalue weighted by molar-refractivity contribution is 7.07. The third kappa shape index (κ3) is 3.03. The molecular formula is C21H22N4OS. The quantitative estimate of drug-likeness (QED) is 0.516. The molecule has 6 heteroatoms. The number of hydrogen-bond acceptors (Lipinski definition) is 5. The molecule has 0 N–H and O–H groups in total. The highest BCUT2D eigenvalue weighted by atomic mass is 32.1. The largest absolute Gasteiger partial charge is 0.375 e. The number of aromatic nitrogens is 4. The van der Waals surface area contributed by atoms with Crippen LogP contribution in [0, 0.1) is 0 Å². The maximum Gasteiger partial charge on any atom is 0.116 e. The minimum absolute atomic E-state index is 0.247. The summed E-state index contributed by atoms with van der Waals surface area (Å²) in [6.07, 6.45) is 5.14. The SMILES string of the molecule is CC1CC(n2c(Cc3cscn3)nc3cnc4ccccc4c32)CC(C)O1. The summed E-state index contributed by atoms with van der Waals surface area (Å²) in [7, 11) is 0. The number of pyridine rings is 1. The van der Waals surface area contributed by atoms with Crippen LogP contribution in [0.4, 0.5) is 0 Å². The van der Waals surface area contributed by atoms with Gasteiger partial charge in [0.25, 0.3) is 0 Å². The van der Waals surface area contributed by atoms with Crippen molar-refractivity contribution in [2.45, 2.75) is 51.4 Å². The lowest BCUT2D eigenvalue weighted by molar-refractivity contribution is -0.0484. The summed E-state index contributed by atoms with van der Waals surface area (Å²) in [6.45, 7) is 4.34. The molecule has 0 amide bonds. The Morgan fingerprint density at radius 1 is 1.11 bits per heavy atom. The van der Waals surface area contributed by atoms with Gasteiger partial charge in [0.15, 0.2) is 0 Å². The van der Waals surface area contributed by atoms with Gasteiger partial charge in [-0.15, -0.1) is 11.3 Å². The van der Waals surface area contributed by atoms with Gasteiger partial charge in [-0.2, -0.15) is 0 Å². The van der Waals surface area contributed by atoms with E-state index in [-0.39, 0.29) is 12.2 Å². The molecule has 1 fully saturated rings. The number of benzene rings is 1. The molecule has 138 valence electrons. The van der Waals surface area contributed by atoms with Crippen molar-refractivity contribution in [1.29, 1.82) is 0 Å². The van der Waals surface area contributed by atoms with Gasteiger partial charge in [-0.05, 0) is 32.8 Å². The Morgan fingerprint density at radius 3 is 2.70 bits per heavy atom. The molecule has 5 nitrogen and oxygen atoms in total. The zero-order valence-electron chi connectivity index (χ0n) is 15.5. The van der Waals surface area contributed by atoms with E-state index in [0.717, 1.165) is 41.8 Å². The van der Waals surface area contributed by atoms with E-state index in [4.69, 9.17) is 9.72 Å². The summed E-state index contributed by atoms with van der Waals surface area (Å²) in [6, 6.07) is 8.71. The lowest BCUT2D eigenvalue weighted by atomic mass is 9.98. The second-order valence-corrected chi connectivity index (χ2v) is 8.17. The third-order valence-corrected chi connectivity index (χ3v) is 5.99. The van der Waals surface area contributed by atoms with Crippen LogP contribution in [0.1, 0.15) is 44.2 Å². The number of para-hydroxylation sites is 1. The molecule has 0 bridgehead atoms. The first-order chi connectivity index (χ1) is 13.2. The smallest absolute Gasteiger partial charge is 0.116 e. The molecule has 0 radical (unpaired) electrons. The first-order valence-electron chi connectivity index (χ1n) is 9.46. The van der Waals surface area contributed by atoms with Crippen LogP contribution in [0.15, 0.2) is 41.4 Å². The van der Waals surface area contributed by atoms with E-state index in [1.54, 1.807) is 11.3 Å². The van der Waals surface area contributed by atoms with E-state index in [1.807, 2.05) is 17.8 Å². The lowest BCUT2D eigenvalue weighted by Crippen LogP contribution is -2.31. The zero-order chi connectivity index (χ0) is 18.4. The first kappa shape index (κ1) is 16.8. The normalized spacial score (nSPS) is 23.3. The molecule has 3 aromatic heterocycles. The van der Waals surface area contributed by atoms with Crippen LogP contribution in [0.5, 0.6) is 0 Å². The van der Waals surface area contributed by atoms with Crippen LogP contribution >= 0.6 is 11.3 Å². The van der Waals surface area contributed by atoms with Crippen molar-refractivity contribution >= 4 is 33.3 Å². The second-order valence-electron chi connectivity index (χ2n) is 7.45. The minimum atomic E-state index is 0.247. The Morgan fingerprint density at radius 2 is 1.93 bits per heavy atom. The second kappa shape index (κ2) is 6.69. The van der Waals surface area contributed by atoms with Gasteiger partial charge in [-0.25, -0.2) is 9.97 Å². The minimum Gasteiger partial charge on any atom is -0.375 e. The molecule has 4 heterocycles. The van der Waals surface area contributed by atoms with Crippen molar-refractivity contribution in [2.24, 2.45) is 0 Å². The van der Waals surface area contributed by atoms with Crippen LogP contribution in [0.3, 0.4) is 0 Å². The van der Waals surface area contributed by atoms with Crippen molar-refractivity contribution in [3.63, 3.8) is 0 Å². The number of nitrogens with zero attached hydrogens (tertiary/aromatic N) is 4. The monoisotopic (exact) mass is 378 g/mol. The molecule has 1 saturated heterocycles. The van der Waals surface area contributed by atoms with Gasteiger partial charge < -0.3 is 9.30 Å². The van der Waals surface area contributed by atoms with Crippen molar-refractivity contribution in [1.82, 2.24) is 19.5 Å². The number of thiazole rings is 1. The zero-order valence-corrected chi connectivity index (χ0v) is 16.3. The predicted octanol–water partition coefficient (Wildman–Crippen LogP) is 4.76. The highest BCUT2D eigenvalue weighted by Crippen LogP contribution is 2.35. The molecule has 1 aromatic carbocycles. The first-order valence-corrected chi connectivity index (χ1v) is 10.4. The van der Waals surface area contributed by atoms with Crippen LogP contribution in [0.25, 0.3) is 21.9 Å². The number of imidazole rings is 1.